The quantitative estimate of drug-likeness (QED) is 0.604. The van der Waals surface area contributed by atoms with Gasteiger partial charge in [0, 0.05) is 19.3 Å². The van der Waals surface area contributed by atoms with Crippen LogP contribution in [0.3, 0.4) is 0 Å². The van der Waals surface area contributed by atoms with Crippen LogP contribution in [0.2, 0.25) is 0 Å². The molecule has 0 aliphatic heterocycles. The van der Waals surface area contributed by atoms with Crippen molar-refractivity contribution in [3.8, 4) is 0 Å². The highest BCUT2D eigenvalue weighted by Crippen LogP contribution is 2.40. The molecule has 0 heterocycles. The van der Waals surface area contributed by atoms with Gasteiger partial charge < -0.3 is 4.74 Å². The van der Waals surface area contributed by atoms with Crippen LogP contribution in [0.5, 0.6) is 0 Å². The van der Waals surface area contributed by atoms with E-state index in [2.05, 4.69) is 4.74 Å². The molecule has 1 unspecified atom stereocenters. The molecule has 0 aromatic heterocycles. The van der Waals surface area contributed by atoms with Gasteiger partial charge in [0.05, 0.1) is 7.11 Å². The number of hydrogen-bond donors (Lipinski definition) is 0. The third-order valence-electron chi connectivity index (χ3n) is 2.19. The number of carbonyl (C=O) groups is 1. The van der Waals surface area contributed by atoms with Gasteiger partial charge in [-0.15, -0.1) is 0 Å². The van der Waals surface area contributed by atoms with Crippen molar-refractivity contribution < 1.29 is 18.3 Å². The van der Waals surface area contributed by atoms with E-state index in [1.54, 1.807) is 0 Å². The molecule has 0 saturated heterocycles. The van der Waals surface area contributed by atoms with Crippen molar-refractivity contribution in [2.24, 2.45) is 5.92 Å². The third kappa shape index (κ3) is 2.43. The van der Waals surface area contributed by atoms with Gasteiger partial charge in [0.1, 0.15) is 0 Å². The lowest BCUT2D eigenvalue weighted by Crippen LogP contribution is -2.12. The zero-order valence-corrected chi connectivity index (χ0v) is 6.98. The van der Waals surface area contributed by atoms with Crippen LogP contribution in [0.1, 0.15) is 25.7 Å². The summed E-state index contributed by atoms with van der Waals surface area (Å²) in [6, 6.07) is 0. The van der Waals surface area contributed by atoms with Gasteiger partial charge in [-0.25, -0.2) is 8.78 Å². The van der Waals surface area contributed by atoms with E-state index < -0.39 is 11.9 Å². The van der Waals surface area contributed by atoms with E-state index in [0.717, 1.165) is 0 Å². The second-order valence-electron chi connectivity index (χ2n) is 3.25. The van der Waals surface area contributed by atoms with Crippen LogP contribution < -0.4 is 0 Å². The van der Waals surface area contributed by atoms with Crippen LogP contribution in [-0.2, 0) is 9.53 Å². The van der Waals surface area contributed by atoms with Gasteiger partial charge in [0.15, 0.2) is 0 Å². The van der Waals surface area contributed by atoms with Crippen LogP contribution in [0.25, 0.3) is 0 Å². The Labute approximate surface area is 69.9 Å². The largest absolute Gasteiger partial charge is 0.469 e. The molecule has 0 bridgehead atoms. The van der Waals surface area contributed by atoms with E-state index in [0.29, 0.717) is 6.42 Å². The van der Waals surface area contributed by atoms with Crippen LogP contribution in [-0.4, -0.2) is 19.0 Å². The highest BCUT2D eigenvalue weighted by atomic mass is 19.3. The first-order valence-electron chi connectivity index (χ1n) is 3.98. The molecule has 1 saturated carbocycles. The average Bonchev–Trinajstić information content (AvgIpc) is 2.30. The summed E-state index contributed by atoms with van der Waals surface area (Å²) in [4.78, 5) is 10.7. The number of hydrogen-bond acceptors (Lipinski definition) is 2. The fourth-order valence-electron chi connectivity index (χ4n) is 1.54. The number of methoxy groups -OCH3 is 1. The molecule has 0 aromatic rings. The summed E-state index contributed by atoms with van der Waals surface area (Å²) in [6.07, 6.45) is 0.310. The Morgan fingerprint density at radius 1 is 1.67 bits per heavy atom. The predicted molar refractivity (Wildman–Crippen MR) is 38.9 cm³/mol. The molecule has 0 spiro atoms. The summed E-state index contributed by atoms with van der Waals surface area (Å²) < 4.78 is 29.6. The molecule has 0 radical (unpaired) electrons. The molecule has 70 valence electrons. The fourth-order valence-corrected chi connectivity index (χ4v) is 1.54. The van der Waals surface area contributed by atoms with Gasteiger partial charge in [-0.3, -0.25) is 4.79 Å². The first-order chi connectivity index (χ1) is 5.53. The zero-order valence-electron chi connectivity index (χ0n) is 6.98. The van der Waals surface area contributed by atoms with Gasteiger partial charge in [-0.2, -0.15) is 0 Å². The maximum atomic E-state index is 12.6. The molecule has 0 aromatic carbocycles. The van der Waals surface area contributed by atoms with Crippen LogP contribution >= 0.6 is 0 Å². The zero-order chi connectivity index (χ0) is 9.19. The summed E-state index contributed by atoms with van der Waals surface area (Å²) in [6.45, 7) is 0. The Morgan fingerprint density at radius 3 is 2.75 bits per heavy atom. The molecule has 1 aliphatic carbocycles. The Balaban J connectivity index is 2.33. The van der Waals surface area contributed by atoms with Crippen LogP contribution in [0, 0.1) is 5.92 Å². The number of ether oxygens (including phenoxy) is 1. The Kier molecular flexibility index (Phi) is 2.65. The lowest BCUT2D eigenvalue weighted by molar-refractivity contribution is -0.141. The molecule has 0 amide bonds. The minimum atomic E-state index is -2.56. The van der Waals surface area contributed by atoms with E-state index in [1.165, 1.54) is 7.11 Å². The predicted octanol–water partition coefficient (Wildman–Crippen LogP) is 1.98. The summed E-state index contributed by atoms with van der Waals surface area (Å²) in [5.74, 6) is -3.14. The van der Waals surface area contributed by atoms with E-state index in [4.69, 9.17) is 0 Å². The second kappa shape index (κ2) is 3.37. The maximum absolute atomic E-state index is 12.6. The number of esters is 1. The number of alkyl halides is 2. The van der Waals surface area contributed by atoms with Crippen molar-refractivity contribution in [1.29, 1.82) is 0 Å². The minimum Gasteiger partial charge on any atom is -0.469 e. The molecule has 0 N–H and O–H groups in total. The minimum absolute atomic E-state index is 0.0886. The molecule has 1 aliphatic rings. The Bertz CT molecular complexity index is 180. The average molecular weight is 178 g/mol. The molecular weight excluding hydrogens is 166 g/mol. The summed E-state index contributed by atoms with van der Waals surface area (Å²) in [5.41, 5.74) is 0. The SMILES string of the molecule is COC(=O)CC1CCC(F)(F)C1. The Morgan fingerprint density at radius 2 is 2.33 bits per heavy atom. The van der Waals surface area contributed by atoms with Crippen LogP contribution in [0.15, 0.2) is 0 Å². The van der Waals surface area contributed by atoms with Gasteiger partial charge in [0.2, 0.25) is 5.92 Å². The number of carbonyl (C=O) groups excluding carboxylic acids is 1. The standard InChI is InChI=1S/C8H12F2O2/c1-12-7(11)4-6-2-3-8(9,10)5-6/h6H,2-5H2,1H3. The van der Waals surface area contributed by atoms with Gasteiger partial charge >= 0.3 is 5.97 Å². The number of rotatable bonds is 2. The molecular formula is C8H12F2O2. The molecule has 2 nitrogen and oxygen atoms in total. The maximum Gasteiger partial charge on any atom is 0.305 e. The van der Waals surface area contributed by atoms with E-state index >= 15 is 0 Å². The first kappa shape index (κ1) is 9.42. The van der Waals surface area contributed by atoms with E-state index in [-0.39, 0.29) is 25.2 Å². The second-order valence-corrected chi connectivity index (χ2v) is 3.25. The molecule has 1 atom stereocenters. The van der Waals surface area contributed by atoms with Crippen molar-refractivity contribution in [3.05, 3.63) is 0 Å². The van der Waals surface area contributed by atoms with Crippen molar-refractivity contribution in [3.63, 3.8) is 0 Å². The van der Waals surface area contributed by atoms with Gasteiger partial charge in [-0.1, -0.05) is 0 Å². The first-order valence-corrected chi connectivity index (χ1v) is 3.98. The van der Waals surface area contributed by atoms with Crippen LogP contribution in [0.4, 0.5) is 8.78 Å². The normalized spacial score (nSPS) is 27.1. The summed E-state index contributed by atoms with van der Waals surface area (Å²) in [7, 11) is 1.27. The lowest BCUT2D eigenvalue weighted by Gasteiger charge is -2.08. The Hall–Kier alpha value is -0.670. The van der Waals surface area contributed by atoms with Crippen molar-refractivity contribution in [1.82, 2.24) is 0 Å². The summed E-state index contributed by atoms with van der Waals surface area (Å²) in [5, 5.41) is 0. The molecule has 12 heavy (non-hydrogen) atoms. The monoisotopic (exact) mass is 178 g/mol. The van der Waals surface area contributed by atoms with Crippen molar-refractivity contribution in [2.75, 3.05) is 7.11 Å². The topological polar surface area (TPSA) is 26.3 Å². The van der Waals surface area contributed by atoms with Gasteiger partial charge in [-0.05, 0) is 12.3 Å². The lowest BCUT2D eigenvalue weighted by atomic mass is 10.0. The van der Waals surface area contributed by atoms with E-state index in [1.807, 2.05) is 0 Å². The molecule has 4 heteroatoms. The van der Waals surface area contributed by atoms with Crippen molar-refractivity contribution in [2.45, 2.75) is 31.6 Å². The van der Waals surface area contributed by atoms with E-state index in [9.17, 15) is 13.6 Å². The smallest absolute Gasteiger partial charge is 0.305 e. The molecule has 1 fully saturated rings. The third-order valence-corrected chi connectivity index (χ3v) is 2.19. The van der Waals surface area contributed by atoms with Crippen molar-refractivity contribution >= 4 is 5.97 Å². The van der Waals surface area contributed by atoms with Gasteiger partial charge in [0.25, 0.3) is 0 Å². The fraction of sp³-hybridized carbons (Fsp3) is 0.875. The molecule has 1 rings (SSSR count). The number of halogens is 2. The highest BCUT2D eigenvalue weighted by molar-refractivity contribution is 5.69. The highest BCUT2D eigenvalue weighted by Gasteiger charge is 2.40. The summed E-state index contributed by atoms with van der Waals surface area (Å²) >= 11 is 0.